The van der Waals surface area contributed by atoms with E-state index in [0.717, 1.165) is 0 Å². The molecule has 2 aliphatic heterocycles. The van der Waals surface area contributed by atoms with Gasteiger partial charge in [-0.1, -0.05) is 23.4 Å². The van der Waals surface area contributed by atoms with E-state index in [0.29, 0.717) is 17.1 Å². The van der Waals surface area contributed by atoms with Gasteiger partial charge in [-0.3, -0.25) is 9.88 Å². The number of anilines is 1. The van der Waals surface area contributed by atoms with Gasteiger partial charge in [-0.15, -0.1) is 0 Å². The number of pyridine rings is 1. The predicted octanol–water partition coefficient (Wildman–Crippen LogP) is -1.48. The Kier molecular flexibility index (Phi) is 6.20. The molecule has 0 radical (unpaired) electrons. The summed E-state index contributed by atoms with van der Waals surface area (Å²) in [5.74, 6) is -1.03. The van der Waals surface area contributed by atoms with Crippen molar-refractivity contribution in [3.05, 3.63) is 78.0 Å². The molecule has 142 valence electrons. The Balaban J connectivity index is 0.00000240. The number of hydrogen-bond acceptors (Lipinski definition) is 9. The Labute approximate surface area is 188 Å². The van der Waals surface area contributed by atoms with Crippen molar-refractivity contribution in [1.29, 1.82) is 0 Å². The van der Waals surface area contributed by atoms with Gasteiger partial charge in [0.05, 0.1) is 17.0 Å². The van der Waals surface area contributed by atoms with Crippen molar-refractivity contribution in [2.24, 2.45) is 5.16 Å². The fraction of sp³-hybridized carbons (Fsp3) is 0.0556. The zero-order chi connectivity index (χ0) is 19.7. The molecule has 4 rings (SSSR count). The molecule has 3 heterocycles. The van der Waals surface area contributed by atoms with Crippen molar-refractivity contribution in [2.45, 2.75) is 0 Å². The molecule has 1 aromatic carbocycles. The van der Waals surface area contributed by atoms with Crippen molar-refractivity contribution in [3.63, 3.8) is 0 Å². The SMILES string of the molecule is O=C1ON=C(c2ccccn2)/C1=C/C=C1\Oc2ccccc2N1CS(=O)(=O)[O-].[Na+]. The minimum atomic E-state index is -4.58. The first-order valence-corrected chi connectivity index (χ1v) is 9.61. The zero-order valence-corrected chi connectivity index (χ0v) is 18.0. The van der Waals surface area contributed by atoms with E-state index >= 15 is 0 Å². The van der Waals surface area contributed by atoms with Crippen LogP contribution in [0.3, 0.4) is 0 Å². The molecule has 0 fully saturated rings. The zero-order valence-electron chi connectivity index (χ0n) is 15.2. The normalized spacial score (nSPS) is 18.2. The third-order valence-corrected chi connectivity index (χ3v) is 4.49. The van der Waals surface area contributed by atoms with Gasteiger partial charge in [-0.05, 0) is 36.4 Å². The number of carbonyl (C=O) groups excluding carboxylic acids is 1. The van der Waals surface area contributed by atoms with Gasteiger partial charge in [0.1, 0.15) is 21.7 Å². The molecule has 0 unspecified atom stereocenters. The maximum atomic E-state index is 12.0. The second-order valence-corrected chi connectivity index (χ2v) is 7.18. The number of aromatic nitrogens is 1. The third kappa shape index (κ3) is 4.57. The average molecular weight is 421 g/mol. The molecule has 2 aromatic rings. The second-order valence-electron chi connectivity index (χ2n) is 5.80. The van der Waals surface area contributed by atoms with Crippen molar-refractivity contribution >= 4 is 27.5 Å². The van der Waals surface area contributed by atoms with Crippen LogP contribution in [0.15, 0.2) is 77.4 Å². The average Bonchev–Trinajstić information content (AvgIpc) is 3.20. The van der Waals surface area contributed by atoms with Crippen molar-refractivity contribution in [2.75, 3.05) is 10.8 Å². The minimum absolute atomic E-state index is 0. The number of ether oxygens (including phenoxy) is 1. The van der Waals surface area contributed by atoms with Gasteiger partial charge in [-0.2, -0.15) is 0 Å². The summed E-state index contributed by atoms with van der Waals surface area (Å²) in [7, 11) is -4.58. The van der Waals surface area contributed by atoms with E-state index in [1.807, 2.05) is 0 Å². The molecular weight excluding hydrogens is 409 g/mol. The summed E-state index contributed by atoms with van der Waals surface area (Å²) >= 11 is 0. The summed E-state index contributed by atoms with van der Waals surface area (Å²) in [6, 6.07) is 11.8. The first-order valence-electron chi connectivity index (χ1n) is 8.03. The molecule has 0 spiro atoms. The summed E-state index contributed by atoms with van der Waals surface area (Å²) in [6.45, 7) is 0. The van der Waals surface area contributed by atoms with Crippen LogP contribution >= 0.6 is 0 Å². The molecule has 0 bridgehead atoms. The van der Waals surface area contributed by atoms with E-state index in [1.165, 1.54) is 17.1 Å². The van der Waals surface area contributed by atoms with Crippen LogP contribution < -0.4 is 39.2 Å². The van der Waals surface area contributed by atoms with Crippen LogP contribution in [-0.2, 0) is 19.8 Å². The number of benzene rings is 1. The maximum Gasteiger partial charge on any atom is 1.00 e. The summed E-state index contributed by atoms with van der Waals surface area (Å²) in [6.07, 6.45) is 4.31. The molecule has 0 saturated heterocycles. The van der Waals surface area contributed by atoms with Crippen LogP contribution in [0.25, 0.3) is 0 Å². The summed E-state index contributed by atoms with van der Waals surface area (Å²) in [5, 5.41) is 3.74. The number of rotatable bonds is 4. The maximum absolute atomic E-state index is 12.0. The fourth-order valence-corrected chi connectivity index (χ4v) is 3.32. The van der Waals surface area contributed by atoms with E-state index in [1.54, 1.807) is 48.7 Å². The summed E-state index contributed by atoms with van der Waals surface area (Å²) in [4.78, 5) is 22.1. The van der Waals surface area contributed by atoms with Gasteiger partial charge in [0, 0.05) is 6.20 Å². The Morgan fingerprint density at radius 1 is 1.10 bits per heavy atom. The fourth-order valence-electron chi connectivity index (χ4n) is 2.74. The van der Waals surface area contributed by atoms with Gasteiger partial charge >= 0.3 is 35.5 Å². The van der Waals surface area contributed by atoms with Crippen LogP contribution in [0, 0.1) is 0 Å². The number of oxime groups is 1. The molecule has 2 aliphatic rings. The van der Waals surface area contributed by atoms with Crippen LogP contribution in [0.2, 0.25) is 0 Å². The van der Waals surface area contributed by atoms with Crippen LogP contribution in [-0.4, -0.2) is 35.5 Å². The first kappa shape index (κ1) is 21.2. The standard InChI is InChI=1S/C18H13N3O6S.Na/c22-18-12(17(20-27-18)13-5-3-4-10-19-13)8-9-16-21(11-28(23,24)25)14-6-1-2-7-15(14)26-16;/h1-10H,11H2,(H,23,24,25);/q;+1/p-1/b12-8-,16-9-;. The molecule has 1 aromatic heterocycles. The van der Waals surface area contributed by atoms with Gasteiger partial charge in [0.15, 0.2) is 5.75 Å². The van der Waals surface area contributed by atoms with Gasteiger partial charge in [-0.25, -0.2) is 13.2 Å². The van der Waals surface area contributed by atoms with Crippen LogP contribution in [0.5, 0.6) is 5.75 Å². The topological polar surface area (TPSA) is 121 Å². The van der Waals surface area contributed by atoms with E-state index < -0.39 is 22.0 Å². The molecule has 0 saturated carbocycles. The van der Waals surface area contributed by atoms with E-state index in [-0.39, 0.29) is 46.7 Å². The molecule has 0 aliphatic carbocycles. The molecule has 9 nitrogen and oxygen atoms in total. The molecular formula is C18H12N3NaO6S. The Hall–Kier alpha value is -2.50. The molecule has 11 heteroatoms. The van der Waals surface area contributed by atoms with Gasteiger partial charge in [0.25, 0.3) is 0 Å². The smallest absolute Gasteiger partial charge is 0.747 e. The number of carbonyl (C=O) groups is 1. The molecule has 0 atom stereocenters. The monoisotopic (exact) mass is 421 g/mol. The van der Waals surface area contributed by atoms with Gasteiger partial charge in [0.2, 0.25) is 5.88 Å². The Morgan fingerprint density at radius 3 is 2.59 bits per heavy atom. The molecule has 29 heavy (non-hydrogen) atoms. The Morgan fingerprint density at radius 2 is 1.86 bits per heavy atom. The van der Waals surface area contributed by atoms with Crippen molar-refractivity contribution < 1.29 is 56.9 Å². The van der Waals surface area contributed by atoms with Crippen molar-refractivity contribution in [3.8, 4) is 5.75 Å². The Bertz CT molecular complexity index is 1150. The molecule has 0 N–H and O–H groups in total. The largest absolute Gasteiger partial charge is 1.00 e. The first-order chi connectivity index (χ1) is 13.4. The van der Waals surface area contributed by atoms with Gasteiger partial charge < -0.3 is 14.1 Å². The van der Waals surface area contributed by atoms with E-state index in [4.69, 9.17) is 9.57 Å². The van der Waals surface area contributed by atoms with Crippen molar-refractivity contribution in [1.82, 2.24) is 4.98 Å². The molecule has 0 amide bonds. The second kappa shape index (κ2) is 8.47. The number of fused-ring (bicyclic) bond motifs is 1. The number of nitrogens with zero attached hydrogens (tertiary/aromatic N) is 3. The number of para-hydroxylation sites is 2. The number of hydrogen-bond donors (Lipinski definition) is 0. The van der Waals surface area contributed by atoms with Crippen LogP contribution in [0.4, 0.5) is 5.69 Å². The number of allylic oxidation sites excluding steroid dienone is 2. The summed E-state index contributed by atoms with van der Waals surface area (Å²) in [5.41, 5.74) is 1.23. The third-order valence-electron chi connectivity index (χ3n) is 3.92. The predicted molar refractivity (Wildman–Crippen MR) is 97.1 cm³/mol. The van der Waals surface area contributed by atoms with E-state index in [2.05, 4.69) is 10.1 Å². The van der Waals surface area contributed by atoms with Crippen LogP contribution in [0.1, 0.15) is 5.69 Å². The summed E-state index contributed by atoms with van der Waals surface area (Å²) < 4.78 is 39.5. The van der Waals surface area contributed by atoms with E-state index in [9.17, 15) is 17.8 Å². The minimum Gasteiger partial charge on any atom is -0.747 e. The quantitative estimate of drug-likeness (QED) is 0.254.